The predicted molar refractivity (Wildman–Crippen MR) is 80.6 cm³/mol. The van der Waals surface area contributed by atoms with Crippen LogP contribution in [0.4, 0.5) is 9.18 Å². The van der Waals surface area contributed by atoms with Crippen molar-refractivity contribution in [1.29, 1.82) is 0 Å². The maximum atomic E-state index is 13.3. The van der Waals surface area contributed by atoms with Crippen molar-refractivity contribution in [3.8, 4) is 0 Å². The van der Waals surface area contributed by atoms with Crippen LogP contribution in [0, 0.1) is 5.82 Å². The minimum absolute atomic E-state index is 0.114. The zero-order valence-corrected chi connectivity index (χ0v) is 13.3. The molecular weight excluding hydrogens is 341 g/mol. The SMILES string of the molecule is CCNC(=O)N1CCN(C(=O)c2cc(F)ccc2Br)CC1. The van der Waals surface area contributed by atoms with Crippen LogP contribution in [0.15, 0.2) is 22.7 Å². The number of carbonyl (C=O) groups is 2. The molecule has 1 aliphatic heterocycles. The van der Waals surface area contributed by atoms with E-state index in [1.54, 1.807) is 9.80 Å². The lowest BCUT2D eigenvalue weighted by atomic mass is 10.1. The Kier molecular flexibility index (Phi) is 5.17. The Bertz CT molecular complexity index is 545. The molecule has 1 saturated heterocycles. The summed E-state index contributed by atoms with van der Waals surface area (Å²) in [6.07, 6.45) is 0. The molecule has 0 aromatic heterocycles. The number of rotatable bonds is 2. The van der Waals surface area contributed by atoms with Gasteiger partial charge in [0, 0.05) is 37.2 Å². The standard InChI is InChI=1S/C14H17BrFN3O2/c1-2-17-14(21)19-7-5-18(6-8-19)13(20)11-9-10(16)3-4-12(11)15/h3-4,9H,2,5-8H2,1H3,(H,17,21). The summed E-state index contributed by atoms with van der Waals surface area (Å²) in [6, 6.07) is 3.93. The second-order valence-electron chi connectivity index (χ2n) is 4.74. The Morgan fingerprint density at radius 2 is 1.86 bits per heavy atom. The third-order valence-corrected chi connectivity index (χ3v) is 4.03. The monoisotopic (exact) mass is 357 g/mol. The van der Waals surface area contributed by atoms with E-state index < -0.39 is 5.82 Å². The molecule has 1 aromatic rings. The zero-order valence-electron chi connectivity index (χ0n) is 11.7. The molecular formula is C14H17BrFN3O2. The Morgan fingerprint density at radius 1 is 1.24 bits per heavy atom. The van der Waals surface area contributed by atoms with Crippen molar-refractivity contribution in [3.05, 3.63) is 34.1 Å². The summed E-state index contributed by atoms with van der Waals surface area (Å²) < 4.78 is 13.8. The van der Waals surface area contributed by atoms with Gasteiger partial charge in [-0.05, 0) is 41.1 Å². The van der Waals surface area contributed by atoms with Crippen molar-refractivity contribution in [2.75, 3.05) is 32.7 Å². The van der Waals surface area contributed by atoms with Crippen LogP contribution in [0.3, 0.4) is 0 Å². The largest absolute Gasteiger partial charge is 0.338 e. The molecule has 5 nitrogen and oxygen atoms in total. The lowest BCUT2D eigenvalue weighted by molar-refractivity contribution is 0.0664. The van der Waals surface area contributed by atoms with Gasteiger partial charge in [0.15, 0.2) is 0 Å². The van der Waals surface area contributed by atoms with E-state index in [4.69, 9.17) is 0 Å². The highest BCUT2D eigenvalue weighted by molar-refractivity contribution is 9.10. The molecule has 1 N–H and O–H groups in total. The summed E-state index contributed by atoms with van der Waals surface area (Å²) in [4.78, 5) is 27.4. The Morgan fingerprint density at radius 3 is 2.48 bits per heavy atom. The fraction of sp³-hybridized carbons (Fsp3) is 0.429. The van der Waals surface area contributed by atoms with Gasteiger partial charge in [-0.25, -0.2) is 9.18 Å². The predicted octanol–water partition coefficient (Wildman–Crippen LogP) is 2.08. The van der Waals surface area contributed by atoms with E-state index in [0.29, 0.717) is 42.8 Å². The summed E-state index contributed by atoms with van der Waals surface area (Å²) in [5.41, 5.74) is 0.307. The number of piperazine rings is 1. The van der Waals surface area contributed by atoms with Crippen molar-refractivity contribution in [3.63, 3.8) is 0 Å². The molecule has 21 heavy (non-hydrogen) atoms. The van der Waals surface area contributed by atoms with E-state index >= 15 is 0 Å². The fourth-order valence-electron chi connectivity index (χ4n) is 2.21. The summed E-state index contributed by atoms with van der Waals surface area (Å²) in [7, 11) is 0. The maximum Gasteiger partial charge on any atom is 0.317 e. The minimum Gasteiger partial charge on any atom is -0.338 e. The lowest BCUT2D eigenvalue weighted by Gasteiger charge is -2.34. The summed E-state index contributed by atoms with van der Waals surface area (Å²) in [5.74, 6) is -0.667. The second kappa shape index (κ2) is 6.89. The van der Waals surface area contributed by atoms with Crippen LogP contribution in [-0.4, -0.2) is 54.5 Å². The van der Waals surface area contributed by atoms with E-state index in [0.717, 1.165) is 0 Å². The minimum atomic E-state index is -0.442. The molecule has 1 fully saturated rings. The van der Waals surface area contributed by atoms with Gasteiger partial charge < -0.3 is 15.1 Å². The third kappa shape index (κ3) is 3.72. The van der Waals surface area contributed by atoms with Gasteiger partial charge in [0.1, 0.15) is 5.82 Å². The van der Waals surface area contributed by atoms with Crippen LogP contribution in [0.5, 0.6) is 0 Å². The van der Waals surface area contributed by atoms with Crippen molar-refractivity contribution in [2.24, 2.45) is 0 Å². The molecule has 0 unspecified atom stereocenters. The first-order valence-corrected chi connectivity index (χ1v) is 7.59. The highest BCUT2D eigenvalue weighted by atomic mass is 79.9. The van der Waals surface area contributed by atoms with Gasteiger partial charge in [0.25, 0.3) is 5.91 Å². The van der Waals surface area contributed by atoms with E-state index in [-0.39, 0.29) is 11.9 Å². The first kappa shape index (κ1) is 15.8. The Balaban J connectivity index is 2.00. The van der Waals surface area contributed by atoms with Crippen molar-refractivity contribution >= 4 is 27.9 Å². The van der Waals surface area contributed by atoms with Crippen LogP contribution >= 0.6 is 15.9 Å². The number of urea groups is 1. The molecule has 0 saturated carbocycles. The summed E-state index contributed by atoms with van der Waals surface area (Å²) >= 11 is 3.26. The normalized spacial score (nSPS) is 15.0. The van der Waals surface area contributed by atoms with E-state index in [1.165, 1.54) is 18.2 Å². The van der Waals surface area contributed by atoms with Gasteiger partial charge in [0.05, 0.1) is 5.56 Å². The molecule has 0 radical (unpaired) electrons. The number of halogens is 2. The van der Waals surface area contributed by atoms with Gasteiger partial charge >= 0.3 is 6.03 Å². The number of nitrogens with zero attached hydrogens (tertiary/aromatic N) is 2. The van der Waals surface area contributed by atoms with Gasteiger partial charge in [0.2, 0.25) is 0 Å². The topological polar surface area (TPSA) is 52.7 Å². The van der Waals surface area contributed by atoms with Crippen molar-refractivity contribution in [2.45, 2.75) is 6.92 Å². The quantitative estimate of drug-likeness (QED) is 0.880. The molecule has 0 aliphatic carbocycles. The molecule has 7 heteroatoms. The number of nitrogens with one attached hydrogen (secondary N) is 1. The van der Waals surface area contributed by atoms with Crippen molar-refractivity contribution < 1.29 is 14.0 Å². The first-order chi connectivity index (χ1) is 10.0. The number of benzene rings is 1. The molecule has 114 valence electrons. The Labute approximate surface area is 131 Å². The van der Waals surface area contributed by atoms with E-state index in [1.807, 2.05) is 6.92 Å². The number of hydrogen-bond donors (Lipinski definition) is 1. The molecule has 1 aromatic carbocycles. The fourth-order valence-corrected chi connectivity index (χ4v) is 2.62. The molecule has 3 amide bonds. The molecule has 2 rings (SSSR count). The number of amides is 3. The average molecular weight is 358 g/mol. The Hall–Kier alpha value is -1.63. The molecule has 0 bridgehead atoms. The average Bonchev–Trinajstić information content (AvgIpc) is 2.49. The zero-order chi connectivity index (χ0) is 15.4. The summed E-state index contributed by atoms with van der Waals surface area (Å²) in [6.45, 7) is 4.28. The van der Waals surface area contributed by atoms with Gasteiger partial charge in [-0.3, -0.25) is 4.79 Å². The smallest absolute Gasteiger partial charge is 0.317 e. The van der Waals surface area contributed by atoms with Gasteiger partial charge in [-0.15, -0.1) is 0 Å². The highest BCUT2D eigenvalue weighted by Gasteiger charge is 2.25. The molecule has 1 aliphatic rings. The lowest BCUT2D eigenvalue weighted by Crippen LogP contribution is -2.53. The van der Waals surface area contributed by atoms with Gasteiger partial charge in [-0.1, -0.05) is 0 Å². The maximum absolute atomic E-state index is 13.3. The number of hydrogen-bond acceptors (Lipinski definition) is 2. The molecule has 0 spiro atoms. The highest BCUT2D eigenvalue weighted by Crippen LogP contribution is 2.20. The molecule has 0 atom stereocenters. The van der Waals surface area contributed by atoms with Crippen LogP contribution in [0.1, 0.15) is 17.3 Å². The van der Waals surface area contributed by atoms with Crippen LogP contribution in [-0.2, 0) is 0 Å². The first-order valence-electron chi connectivity index (χ1n) is 6.80. The van der Waals surface area contributed by atoms with E-state index in [2.05, 4.69) is 21.2 Å². The van der Waals surface area contributed by atoms with Crippen LogP contribution in [0.25, 0.3) is 0 Å². The van der Waals surface area contributed by atoms with Crippen molar-refractivity contribution in [1.82, 2.24) is 15.1 Å². The summed E-state index contributed by atoms with van der Waals surface area (Å²) in [5, 5.41) is 2.73. The number of carbonyl (C=O) groups excluding carboxylic acids is 2. The van der Waals surface area contributed by atoms with Crippen LogP contribution < -0.4 is 5.32 Å². The van der Waals surface area contributed by atoms with Gasteiger partial charge in [-0.2, -0.15) is 0 Å². The second-order valence-corrected chi connectivity index (χ2v) is 5.59. The third-order valence-electron chi connectivity index (χ3n) is 3.34. The van der Waals surface area contributed by atoms with E-state index in [9.17, 15) is 14.0 Å². The van der Waals surface area contributed by atoms with Crippen LogP contribution in [0.2, 0.25) is 0 Å². The molecule has 1 heterocycles.